The zero-order valence-electron chi connectivity index (χ0n) is 12.3. The van der Waals surface area contributed by atoms with Gasteiger partial charge in [0, 0.05) is 0 Å². The Morgan fingerprint density at radius 3 is 2.33 bits per heavy atom. The average molecular weight is 358 g/mol. The maximum Gasteiger partial charge on any atom is 0.344 e. The highest BCUT2D eigenvalue weighted by Gasteiger charge is 2.24. The van der Waals surface area contributed by atoms with Crippen LogP contribution in [0.1, 0.15) is 17.3 Å². The lowest BCUT2D eigenvalue weighted by Gasteiger charge is -2.14. The number of ether oxygens (including phenoxy) is 1. The fraction of sp³-hybridized carbons (Fsp3) is 0.125. The van der Waals surface area contributed by atoms with E-state index in [0.717, 1.165) is 30.3 Å². The zero-order valence-corrected chi connectivity index (χ0v) is 13.0. The molecule has 0 aliphatic heterocycles. The van der Waals surface area contributed by atoms with Crippen molar-refractivity contribution >= 4 is 29.2 Å². The molecule has 1 amide bonds. The van der Waals surface area contributed by atoms with Gasteiger partial charge in [-0.25, -0.2) is 18.0 Å². The van der Waals surface area contributed by atoms with Crippen molar-refractivity contribution in [3.8, 4) is 0 Å². The summed E-state index contributed by atoms with van der Waals surface area (Å²) < 4.78 is 44.7. The first-order chi connectivity index (χ1) is 11.3. The summed E-state index contributed by atoms with van der Waals surface area (Å²) >= 11 is 5.76. The summed E-state index contributed by atoms with van der Waals surface area (Å²) in [5.74, 6) is -4.91. The number of hydrogen-bond donors (Lipinski definition) is 1. The Kier molecular flexibility index (Phi) is 5.46. The van der Waals surface area contributed by atoms with Crippen LogP contribution in [-0.4, -0.2) is 18.0 Å². The third kappa shape index (κ3) is 4.05. The molecule has 24 heavy (non-hydrogen) atoms. The average Bonchev–Trinajstić information content (AvgIpc) is 2.49. The van der Waals surface area contributed by atoms with Crippen molar-refractivity contribution in [3.63, 3.8) is 0 Å². The molecule has 0 aromatic heterocycles. The molecule has 1 atom stereocenters. The maximum absolute atomic E-state index is 13.5. The van der Waals surface area contributed by atoms with Gasteiger partial charge in [0.15, 0.2) is 6.10 Å². The number of benzene rings is 2. The van der Waals surface area contributed by atoms with Crippen LogP contribution in [0.5, 0.6) is 0 Å². The Bertz CT molecular complexity index is 778. The molecule has 126 valence electrons. The summed E-state index contributed by atoms with van der Waals surface area (Å²) in [6.45, 7) is 1.21. The van der Waals surface area contributed by atoms with Crippen LogP contribution in [0.25, 0.3) is 0 Å². The molecule has 0 aliphatic carbocycles. The predicted molar refractivity (Wildman–Crippen MR) is 81.3 cm³/mol. The van der Waals surface area contributed by atoms with Gasteiger partial charge in [0.05, 0.1) is 10.7 Å². The second kappa shape index (κ2) is 7.35. The van der Waals surface area contributed by atoms with Gasteiger partial charge in [-0.15, -0.1) is 0 Å². The number of carbonyl (C=O) groups excluding carboxylic acids is 2. The topological polar surface area (TPSA) is 55.4 Å². The number of rotatable bonds is 4. The summed E-state index contributed by atoms with van der Waals surface area (Å²) in [7, 11) is 0. The van der Waals surface area contributed by atoms with E-state index in [9.17, 15) is 22.8 Å². The molecule has 0 saturated heterocycles. The minimum atomic E-state index is -1.36. The van der Waals surface area contributed by atoms with Crippen LogP contribution in [0.15, 0.2) is 36.4 Å². The second-order valence-electron chi connectivity index (χ2n) is 4.76. The van der Waals surface area contributed by atoms with Crippen LogP contribution in [0.2, 0.25) is 5.02 Å². The maximum atomic E-state index is 13.5. The summed E-state index contributed by atoms with van der Waals surface area (Å²) in [5, 5.41) is 2.27. The van der Waals surface area contributed by atoms with Gasteiger partial charge in [-0.05, 0) is 37.3 Å². The summed E-state index contributed by atoms with van der Waals surface area (Å²) in [5.41, 5.74) is -0.792. The zero-order chi connectivity index (χ0) is 17.9. The number of carbonyl (C=O) groups is 2. The molecule has 4 nitrogen and oxygen atoms in total. The Morgan fingerprint density at radius 2 is 1.75 bits per heavy atom. The van der Waals surface area contributed by atoms with Crippen molar-refractivity contribution in [1.29, 1.82) is 0 Å². The predicted octanol–water partition coefficient (Wildman–Crippen LogP) is 3.94. The Morgan fingerprint density at radius 1 is 1.12 bits per heavy atom. The van der Waals surface area contributed by atoms with Gasteiger partial charge >= 0.3 is 5.97 Å². The number of halogens is 4. The summed E-state index contributed by atoms with van der Waals surface area (Å²) in [6.07, 6.45) is -1.36. The molecular formula is C16H11ClF3NO3. The largest absolute Gasteiger partial charge is 0.449 e. The van der Waals surface area contributed by atoms with E-state index in [1.165, 1.54) is 13.0 Å². The van der Waals surface area contributed by atoms with Gasteiger partial charge in [-0.3, -0.25) is 4.79 Å². The van der Waals surface area contributed by atoms with Gasteiger partial charge in [-0.2, -0.15) is 0 Å². The molecule has 2 aromatic carbocycles. The third-order valence-corrected chi connectivity index (χ3v) is 3.32. The number of amides is 1. The molecule has 1 N–H and O–H groups in total. The number of hydrogen-bond acceptors (Lipinski definition) is 3. The van der Waals surface area contributed by atoms with E-state index < -0.39 is 41.0 Å². The monoisotopic (exact) mass is 357 g/mol. The quantitative estimate of drug-likeness (QED) is 0.843. The van der Waals surface area contributed by atoms with Crippen LogP contribution >= 0.6 is 11.6 Å². The molecular weight excluding hydrogens is 347 g/mol. The minimum absolute atomic E-state index is 0.0537. The summed E-state index contributed by atoms with van der Waals surface area (Å²) in [6, 6.07) is 6.16. The highest BCUT2D eigenvalue weighted by atomic mass is 35.5. The standard InChI is InChI=1S/C16H11ClF3NO3/c1-8(15(22)21-13-6-5-9(18)7-10(13)17)24-16(23)14-11(19)3-2-4-12(14)20/h2-8H,1H3,(H,21,22)/t8-/m1/s1. The fourth-order valence-electron chi connectivity index (χ4n) is 1.79. The lowest BCUT2D eigenvalue weighted by atomic mass is 10.2. The van der Waals surface area contributed by atoms with Gasteiger partial charge in [0.2, 0.25) is 0 Å². The number of anilines is 1. The Labute approximate surface area is 140 Å². The minimum Gasteiger partial charge on any atom is -0.449 e. The first-order valence-corrected chi connectivity index (χ1v) is 7.08. The van der Waals surface area contributed by atoms with Crippen LogP contribution < -0.4 is 5.32 Å². The van der Waals surface area contributed by atoms with E-state index in [0.29, 0.717) is 0 Å². The van der Waals surface area contributed by atoms with E-state index in [1.54, 1.807) is 0 Å². The summed E-state index contributed by atoms with van der Waals surface area (Å²) in [4.78, 5) is 23.8. The number of esters is 1. The molecule has 0 fully saturated rings. The highest BCUT2D eigenvalue weighted by molar-refractivity contribution is 6.33. The first-order valence-electron chi connectivity index (χ1n) is 6.70. The number of nitrogens with one attached hydrogen (secondary N) is 1. The molecule has 0 saturated carbocycles. The van der Waals surface area contributed by atoms with E-state index >= 15 is 0 Å². The molecule has 0 bridgehead atoms. The Balaban J connectivity index is 2.07. The van der Waals surface area contributed by atoms with Crippen LogP contribution in [-0.2, 0) is 9.53 Å². The molecule has 0 heterocycles. The second-order valence-corrected chi connectivity index (χ2v) is 5.16. The van der Waals surface area contributed by atoms with E-state index in [-0.39, 0.29) is 10.7 Å². The molecule has 2 rings (SSSR count). The molecule has 0 radical (unpaired) electrons. The van der Waals surface area contributed by atoms with E-state index in [1.807, 2.05) is 0 Å². The third-order valence-electron chi connectivity index (χ3n) is 3.01. The van der Waals surface area contributed by atoms with Crippen LogP contribution in [0.4, 0.5) is 18.9 Å². The van der Waals surface area contributed by atoms with Gasteiger partial charge in [-0.1, -0.05) is 17.7 Å². The molecule has 0 unspecified atom stereocenters. The van der Waals surface area contributed by atoms with E-state index in [2.05, 4.69) is 5.32 Å². The smallest absolute Gasteiger partial charge is 0.344 e. The molecule has 8 heteroatoms. The van der Waals surface area contributed by atoms with Crippen molar-refractivity contribution in [2.75, 3.05) is 5.32 Å². The molecule has 2 aromatic rings. The van der Waals surface area contributed by atoms with E-state index in [4.69, 9.17) is 16.3 Å². The van der Waals surface area contributed by atoms with Crippen molar-refractivity contribution in [2.45, 2.75) is 13.0 Å². The van der Waals surface area contributed by atoms with Crippen molar-refractivity contribution in [1.82, 2.24) is 0 Å². The van der Waals surface area contributed by atoms with Crippen LogP contribution in [0.3, 0.4) is 0 Å². The van der Waals surface area contributed by atoms with Crippen LogP contribution in [0, 0.1) is 17.5 Å². The first kappa shape index (κ1) is 17.8. The highest BCUT2D eigenvalue weighted by Crippen LogP contribution is 2.23. The lowest BCUT2D eigenvalue weighted by molar-refractivity contribution is -0.123. The normalized spacial score (nSPS) is 11.7. The fourth-order valence-corrected chi connectivity index (χ4v) is 2.01. The lowest BCUT2D eigenvalue weighted by Crippen LogP contribution is -2.30. The van der Waals surface area contributed by atoms with Gasteiger partial charge < -0.3 is 10.1 Å². The SMILES string of the molecule is C[C@@H](OC(=O)c1c(F)cccc1F)C(=O)Nc1ccc(F)cc1Cl. The Hall–Kier alpha value is -2.54. The van der Waals surface area contributed by atoms with Gasteiger partial charge in [0.1, 0.15) is 23.0 Å². The van der Waals surface area contributed by atoms with Gasteiger partial charge in [0.25, 0.3) is 5.91 Å². The van der Waals surface area contributed by atoms with Crippen molar-refractivity contribution < 1.29 is 27.5 Å². The van der Waals surface area contributed by atoms with Crippen molar-refractivity contribution in [3.05, 3.63) is 64.4 Å². The molecule has 0 aliphatic rings. The van der Waals surface area contributed by atoms with Crippen molar-refractivity contribution in [2.24, 2.45) is 0 Å². The molecule has 0 spiro atoms.